The van der Waals surface area contributed by atoms with E-state index in [1.165, 1.54) is 18.2 Å². The molecule has 0 bridgehead atoms. The molecule has 0 fully saturated rings. The summed E-state index contributed by atoms with van der Waals surface area (Å²) in [5.41, 5.74) is 3.07. The van der Waals surface area contributed by atoms with Crippen LogP contribution in [0.3, 0.4) is 0 Å². The van der Waals surface area contributed by atoms with Crippen LogP contribution >= 0.6 is 11.6 Å². The smallest absolute Gasteiger partial charge is 0.275 e. The number of aryl methyl sites for hydroxylation is 1. The van der Waals surface area contributed by atoms with E-state index >= 15 is 0 Å². The van der Waals surface area contributed by atoms with E-state index in [0.717, 1.165) is 16.8 Å². The fourth-order valence-corrected chi connectivity index (χ4v) is 4.16. The number of nitro groups is 1. The van der Waals surface area contributed by atoms with E-state index in [-0.39, 0.29) is 17.1 Å². The molecule has 0 saturated heterocycles. The van der Waals surface area contributed by atoms with Crippen LogP contribution in [0.5, 0.6) is 11.5 Å². The molecule has 0 unspecified atom stereocenters. The standard InChI is InChI=1S/C29H21ClN4O4/c1-19-14-21(30)12-13-27(19)38-25-16-22(15-24(17-25)34(36)37)31-29(35)26-18-33(23-10-6-3-7-11-23)32-28(26)20-8-4-2-5-9-20/h2-18H,1H3,(H,31,35). The van der Waals surface area contributed by atoms with Crippen molar-refractivity contribution in [2.24, 2.45) is 0 Å². The summed E-state index contributed by atoms with van der Waals surface area (Å²) < 4.78 is 7.53. The fraction of sp³-hybridized carbons (Fsp3) is 0.0345. The first-order chi connectivity index (χ1) is 18.4. The van der Waals surface area contributed by atoms with Gasteiger partial charge < -0.3 is 10.1 Å². The maximum Gasteiger partial charge on any atom is 0.275 e. The molecule has 5 aromatic rings. The van der Waals surface area contributed by atoms with Crippen LogP contribution in [0.4, 0.5) is 11.4 Å². The van der Waals surface area contributed by atoms with Crippen LogP contribution in [0.1, 0.15) is 15.9 Å². The van der Waals surface area contributed by atoms with Gasteiger partial charge in [0.1, 0.15) is 17.2 Å². The average Bonchev–Trinajstić information content (AvgIpc) is 3.37. The lowest BCUT2D eigenvalue weighted by atomic mass is 10.1. The molecule has 1 heterocycles. The van der Waals surface area contributed by atoms with Crippen LogP contribution < -0.4 is 10.1 Å². The summed E-state index contributed by atoms with van der Waals surface area (Å²) in [5, 5.41) is 19.6. The molecule has 0 aliphatic rings. The minimum atomic E-state index is -0.542. The number of nitrogens with zero attached hydrogens (tertiary/aromatic N) is 3. The highest BCUT2D eigenvalue weighted by atomic mass is 35.5. The van der Waals surface area contributed by atoms with Gasteiger partial charge in [-0.25, -0.2) is 4.68 Å². The summed E-state index contributed by atoms with van der Waals surface area (Å²) in [6.45, 7) is 1.82. The number of ether oxygens (including phenoxy) is 1. The molecule has 0 atom stereocenters. The molecule has 9 heteroatoms. The minimum absolute atomic E-state index is 0.197. The maximum atomic E-state index is 13.5. The first kappa shape index (κ1) is 24.7. The number of anilines is 1. The topological polar surface area (TPSA) is 99.3 Å². The molecule has 188 valence electrons. The third-order valence-electron chi connectivity index (χ3n) is 5.75. The first-order valence-electron chi connectivity index (χ1n) is 11.6. The van der Waals surface area contributed by atoms with Crippen molar-refractivity contribution >= 4 is 28.9 Å². The van der Waals surface area contributed by atoms with Crippen LogP contribution in [0.2, 0.25) is 5.02 Å². The van der Waals surface area contributed by atoms with Gasteiger partial charge in [0.2, 0.25) is 0 Å². The predicted octanol–water partition coefficient (Wildman–Crippen LogP) is 7.45. The van der Waals surface area contributed by atoms with Gasteiger partial charge in [0, 0.05) is 28.9 Å². The van der Waals surface area contributed by atoms with Gasteiger partial charge in [-0.2, -0.15) is 5.10 Å². The van der Waals surface area contributed by atoms with Crippen molar-refractivity contribution in [3.05, 3.63) is 130 Å². The largest absolute Gasteiger partial charge is 0.457 e. The molecule has 1 N–H and O–H groups in total. The van der Waals surface area contributed by atoms with Gasteiger partial charge in [-0.05, 0) is 42.8 Å². The van der Waals surface area contributed by atoms with E-state index in [0.29, 0.717) is 22.0 Å². The highest BCUT2D eigenvalue weighted by Gasteiger charge is 2.20. The monoisotopic (exact) mass is 524 g/mol. The maximum absolute atomic E-state index is 13.5. The normalized spacial score (nSPS) is 10.7. The molecule has 38 heavy (non-hydrogen) atoms. The number of carbonyl (C=O) groups is 1. The lowest BCUT2D eigenvalue weighted by Crippen LogP contribution is -2.12. The third-order valence-corrected chi connectivity index (χ3v) is 5.99. The van der Waals surface area contributed by atoms with E-state index in [1.54, 1.807) is 29.1 Å². The minimum Gasteiger partial charge on any atom is -0.457 e. The van der Waals surface area contributed by atoms with Crippen molar-refractivity contribution in [1.29, 1.82) is 0 Å². The van der Waals surface area contributed by atoms with E-state index in [9.17, 15) is 14.9 Å². The van der Waals surface area contributed by atoms with E-state index < -0.39 is 10.8 Å². The number of nitro benzene ring substituents is 1. The van der Waals surface area contributed by atoms with Gasteiger partial charge in [0.15, 0.2) is 0 Å². The second-order valence-electron chi connectivity index (χ2n) is 8.48. The number of para-hydroxylation sites is 1. The zero-order valence-electron chi connectivity index (χ0n) is 20.2. The summed E-state index contributed by atoms with van der Waals surface area (Å²) in [4.78, 5) is 24.6. The lowest BCUT2D eigenvalue weighted by Gasteiger charge is -2.11. The van der Waals surface area contributed by atoms with Crippen molar-refractivity contribution in [2.45, 2.75) is 6.92 Å². The number of carbonyl (C=O) groups excluding carboxylic acids is 1. The van der Waals surface area contributed by atoms with Crippen LogP contribution in [0.25, 0.3) is 16.9 Å². The van der Waals surface area contributed by atoms with Crippen LogP contribution in [-0.2, 0) is 0 Å². The Labute approximate surface area is 223 Å². The fourth-order valence-electron chi connectivity index (χ4n) is 3.93. The molecule has 0 saturated carbocycles. The summed E-state index contributed by atoms with van der Waals surface area (Å²) in [5.74, 6) is 0.214. The second-order valence-corrected chi connectivity index (χ2v) is 8.91. The van der Waals surface area contributed by atoms with Crippen LogP contribution in [-0.4, -0.2) is 20.6 Å². The van der Waals surface area contributed by atoms with Gasteiger partial charge in [-0.15, -0.1) is 0 Å². The zero-order valence-corrected chi connectivity index (χ0v) is 20.9. The van der Waals surface area contributed by atoms with Crippen molar-refractivity contribution in [3.63, 3.8) is 0 Å². The Hall–Kier alpha value is -4.95. The van der Waals surface area contributed by atoms with Crippen LogP contribution in [0.15, 0.2) is 103 Å². The number of aromatic nitrogens is 2. The highest BCUT2D eigenvalue weighted by molar-refractivity contribution is 6.30. The molecular formula is C29H21ClN4O4. The Bertz CT molecular complexity index is 1640. The van der Waals surface area contributed by atoms with E-state index in [4.69, 9.17) is 16.3 Å². The molecule has 0 spiro atoms. The molecule has 0 aliphatic carbocycles. The number of rotatable bonds is 7. The number of hydrogen-bond acceptors (Lipinski definition) is 5. The number of non-ortho nitro benzene ring substituents is 1. The van der Waals surface area contributed by atoms with Gasteiger partial charge in [-0.1, -0.05) is 60.1 Å². The summed E-state index contributed by atoms with van der Waals surface area (Å²) in [7, 11) is 0. The van der Waals surface area contributed by atoms with Gasteiger partial charge >= 0.3 is 0 Å². The molecule has 0 aliphatic heterocycles. The molecule has 5 rings (SSSR count). The third kappa shape index (κ3) is 5.40. The quantitative estimate of drug-likeness (QED) is 0.176. The second kappa shape index (κ2) is 10.6. The Morgan fingerprint density at radius 3 is 2.37 bits per heavy atom. The molecule has 8 nitrogen and oxygen atoms in total. The predicted molar refractivity (Wildman–Crippen MR) is 146 cm³/mol. The van der Waals surface area contributed by atoms with E-state index in [1.807, 2.05) is 67.6 Å². The highest BCUT2D eigenvalue weighted by Crippen LogP contribution is 2.33. The van der Waals surface area contributed by atoms with E-state index in [2.05, 4.69) is 10.4 Å². The lowest BCUT2D eigenvalue weighted by molar-refractivity contribution is -0.384. The number of halogens is 1. The molecule has 1 aromatic heterocycles. The molecule has 4 aromatic carbocycles. The summed E-state index contributed by atoms with van der Waals surface area (Å²) in [6.07, 6.45) is 1.64. The van der Waals surface area contributed by atoms with Crippen molar-refractivity contribution in [3.8, 4) is 28.4 Å². The summed E-state index contributed by atoms with van der Waals surface area (Å²) in [6, 6.07) is 27.9. The van der Waals surface area contributed by atoms with Gasteiger partial charge in [0.05, 0.1) is 27.9 Å². The Morgan fingerprint density at radius 1 is 0.974 bits per heavy atom. The van der Waals surface area contributed by atoms with Crippen molar-refractivity contribution in [2.75, 3.05) is 5.32 Å². The van der Waals surface area contributed by atoms with Crippen molar-refractivity contribution < 1.29 is 14.5 Å². The van der Waals surface area contributed by atoms with Gasteiger partial charge in [-0.3, -0.25) is 14.9 Å². The molecular weight excluding hydrogens is 504 g/mol. The Morgan fingerprint density at radius 2 is 1.68 bits per heavy atom. The number of benzene rings is 4. The number of amides is 1. The Balaban J connectivity index is 1.51. The number of hydrogen-bond donors (Lipinski definition) is 1. The summed E-state index contributed by atoms with van der Waals surface area (Å²) >= 11 is 6.03. The van der Waals surface area contributed by atoms with Crippen molar-refractivity contribution in [1.82, 2.24) is 9.78 Å². The van der Waals surface area contributed by atoms with Crippen LogP contribution in [0, 0.1) is 17.0 Å². The number of nitrogens with one attached hydrogen (secondary N) is 1. The Kier molecular flexibility index (Phi) is 6.88. The first-order valence-corrected chi connectivity index (χ1v) is 12.0. The zero-order chi connectivity index (χ0) is 26.6. The van der Waals surface area contributed by atoms with Gasteiger partial charge in [0.25, 0.3) is 11.6 Å². The molecule has 0 radical (unpaired) electrons. The average molecular weight is 525 g/mol. The molecule has 1 amide bonds. The SMILES string of the molecule is Cc1cc(Cl)ccc1Oc1cc(NC(=O)c2cn(-c3ccccc3)nc2-c2ccccc2)cc([N+](=O)[O-])c1.